The molecule has 1 unspecified atom stereocenters. The van der Waals surface area contributed by atoms with Crippen LogP contribution in [0.25, 0.3) is 0 Å². The minimum absolute atomic E-state index is 0.0153. The minimum atomic E-state index is -0.0153. The number of nitrogens with zero attached hydrogens (tertiary/aromatic N) is 2. The summed E-state index contributed by atoms with van der Waals surface area (Å²) in [5, 5.41) is 0. The van der Waals surface area contributed by atoms with Gasteiger partial charge in [0.15, 0.2) is 0 Å². The lowest BCUT2D eigenvalue weighted by Crippen LogP contribution is -2.50. The number of hydrogen-bond donors (Lipinski definition) is 0. The van der Waals surface area contributed by atoms with Crippen LogP contribution in [0, 0.1) is 5.92 Å². The molecule has 0 aromatic rings. The Kier molecular flexibility index (Phi) is 5.22. The van der Waals surface area contributed by atoms with Crippen LogP contribution >= 0.6 is 0 Å². The molecule has 2 rings (SSSR count). The predicted molar refractivity (Wildman–Crippen MR) is 76.0 cm³/mol. The highest BCUT2D eigenvalue weighted by Gasteiger charge is 2.32. The van der Waals surface area contributed by atoms with Gasteiger partial charge in [-0.1, -0.05) is 0 Å². The molecule has 110 valence electrons. The highest BCUT2D eigenvalue weighted by atomic mass is 16.5. The highest BCUT2D eigenvalue weighted by Crippen LogP contribution is 2.30. The number of hydrogen-bond acceptors (Lipinski definition) is 4. The Morgan fingerprint density at radius 1 is 1.16 bits per heavy atom. The molecular formula is C15H28N2O2. The van der Waals surface area contributed by atoms with Gasteiger partial charge in [0.1, 0.15) is 0 Å². The van der Waals surface area contributed by atoms with Gasteiger partial charge in [-0.05, 0) is 59.2 Å². The van der Waals surface area contributed by atoms with Gasteiger partial charge in [0.05, 0.1) is 13.0 Å². The molecule has 1 saturated carbocycles. The summed E-state index contributed by atoms with van der Waals surface area (Å²) in [6, 6.07) is 1.34. The summed E-state index contributed by atoms with van der Waals surface area (Å²) in [4.78, 5) is 16.6. The van der Waals surface area contributed by atoms with E-state index in [9.17, 15) is 4.79 Å². The molecule has 2 aliphatic rings. The molecule has 0 bridgehead atoms. The maximum atomic E-state index is 11.5. The second kappa shape index (κ2) is 6.71. The molecule has 1 heterocycles. The van der Waals surface area contributed by atoms with Gasteiger partial charge in [-0.2, -0.15) is 0 Å². The van der Waals surface area contributed by atoms with Crippen LogP contribution in [0.5, 0.6) is 0 Å². The van der Waals surface area contributed by atoms with Crippen molar-refractivity contribution >= 4 is 5.97 Å². The molecule has 0 radical (unpaired) electrons. The van der Waals surface area contributed by atoms with E-state index in [4.69, 9.17) is 4.74 Å². The smallest absolute Gasteiger partial charge is 0.308 e. The van der Waals surface area contributed by atoms with Crippen molar-refractivity contribution in [1.29, 1.82) is 0 Å². The molecule has 2 fully saturated rings. The van der Waals surface area contributed by atoms with Gasteiger partial charge in [-0.25, -0.2) is 0 Å². The van der Waals surface area contributed by atoms with E-state index in [0.29, 0.717) is 12.1 Å². The van der Waals surface area contributed by atoms with E-state index in [-0.39, 0.29) is 11.9 Å². The van der Waals surface area contributed by atoms with Crippen molar-refractivity contribution in [3.63, 3.8) is 0 Å². The molecule has 1 aliphatic heterocycles. The van der Waals surface area contributed by atoms with Crippen LogP contribution in [0.3, 0.4) is 0 Å². The first kappa shape index (κ1) is 14.8. The van der Waals surface area contributed by atoms with E-state index in [1.807, 2.05) is 0 Å². The van der Waals surface area contributed by atoms with Crippen LogP contribution in [-0.4, -0.2) is 62.1 Å². The average Bonchev–Trinajstić information content (AvgIpc) is 2.46. The molecular weight excluding hydrogens is 240 g/mol. The number of likely N-dealkylation sites (tertiary alicyclic amines) is 1. The third kappa shape index (κ3) is 3.69. The van der Waals surface area contributed by atoms with E-state index in [1.54, 1.807) is 0 Å². The molecule has 0 amide bonds. The first-order valence-corrected chi connectivity index (χ1v) is 7.60. The molecule has 0 spiro atoms. The fourth-order valence-corrected chi connectivity index (χ4v) is 3.66. The number of rotatable bonds is 3. The van der Waals surface area contributed by atoms with Crippen LogP contribution in [-0.2, 0) is 9.53 Å². The molecule has 19 heavy (non-hydrogen) atoms. The topological polar surface area (TPSA) is 32.8 Å². The van der Waals surface area contributed by atoms with Gasteiger partial charge in [0.2, 0.25) is 0 Å². The summed E-state index contributed by atoms with van der Waals surface area (Å²) in [5.74, 6) is 0.127. The van der Waals surface area contributed by atoms with Crippen molar-refractivity contribution < 1.29 is 9.53 Å². The predicted octanol–water partition coefficient (Wildman–Crippen LogP) is 1.74. The Bertz CT molecular complexity index is 301. The number of carbonyl (C=O) groups excluding carboxylic acids is 1. The lowest BCUT2D eigenvalue weighted by atomic mass is 9.84. The minimum Gasteiger partial charge on any atom is -0.469 e. The summed E-state index contributed by atoms with van der Waals surface area (Å²) in [7, 11) is 5.99. The number of likely N-dealkylation sites (N-methyl/N-ethyl adjacent to an activating group) is 2. The first-order chi connectivity index (χ1) is 9.11. The van der Waals surface area contributed by atoms with Crippen LogP contribution in [0.4, 0.5) is 0 Å². The summed E-state index contributed by atoms with van der Waals surface area (Å²) in [6.07, 6.45) is 6.88. The summed E-state index contributed by atoms with van der Waals surface area (Å²) in [6.45, 7) is 2.42. The largest absolute Gasteiger partial charge is 0.469 e. The second-order valence-corrected chi connectivity index (χ2v) is 6.25. The zero-order valence-corrected chi connectivity index (χ0v) is 12.6. The Morgan fingerprint density at radius 2 is 1.84 bits per heavy atom. The standard InChI is InChI=1S/C15H28N2O2/c1-16-10-4-5-14(11-16)17(2)13-8-6-12(7-9-13)15(18)19-3/h12-14H,4-11H2,1-3H3. The fourth-order valence-electron chi connectivity index (χ4n) is 3.66. The normalized spacial score (nSPS) is 33.4. The van der Waals surface area contributed by atoms with Crippen LogP contribution in [0.1, 0.15) is 38.5 Å². The third-order valence-corrected chi connectivity index (χ3v) is 4.98. The van der Waals surface area contributed by atoms with Gasteiger partial charge < -0.3 is 9.64 Å². The highest BCUT2D eigenvalue weighted by molar-refractivity contribution is 5.72. The molecule has 0 aromatic heterocycles. The Balaban J connectivity index is 1.81. The first-order valence-electron chi connectivity index (χ1n) is 7.60. The number of ether oxygens (including phenoxy) is 1. The zero-order valence-electron chi connectivity index (χ0n) is 12.6. The van der Waals surface area contributed by atoms with Crippen LogP contribution in [0.15, 0.2) is 0 Å². The molecule has 1 atom stereocenters. The van der Waals surface area contributed by atoms with Crippen molar-refractivity contribution in [2.24, 2.45) is 5.92 Å². The molecule has 4 nitrogen and oxygen atoms in total. The van der Waals surface area contributed by atoms with Crippen molar-refractivity contribution in [2.45, 2.75) is 50.6 Å². The lowest BCUT2D eigenvalue weighted by molar-refractivity contribution is -0.147. The van der Waals surface area contributed by atoms with Crippen LogP contribution in [0.2, 0.25) is 0 Å². The quantitative estimate of drug-likeness (QED) is 0.730. The van der Waals surface area contributed by atoms with Gasteiger partial charge >= 0.3 is 5.97 Å². The maximum absolute atomic E-state index is 11.5. The number of carbonyl (C=O) groups is 1. The third-order valence-electron chi connectivity index (χ3n) is 4.98. The lowest BCUT2D eigenvalue weighted by Gasteiger charge is -2.42. The van der Waals surface area contributed by atoms with Crippen molar-refractivity contribution in [2.75, 3.05) is 34.3 Å². The molecule has 0 N–H and O–H groups in total. The zero-order chi connectivity index (χ0) is 13.8. The molecule has 4 heteroatoms. The van der Waals surface area contributed by atoms with Crippen molar-refractivity contribution in [1.82, 2.24) is 9.80 Å². The van der Waals surface area contributed by atoms with Crippen LogP contribution < -0.4 is 0 Å². The number of esters is 1. The molecule has 0 aromatic carbocycles. The number of methoxy groups -OCH3 is 1. The molecule has 1 aliphatic carbocycles. The van der Waals surface area contributed by atoms with E-state index in [2.05, 4.69) is 23.9 Å². The monoisotopic (exact) mass is 268 g/mol. The van der Waals surface area contributed by atoms with Gasteiger partial charge in [-0.3, -0.25) is 9.69 Å². The Labute approximate surface area is 117 Å². The average molecular weight is 268 g/mol. The van der Waals surface area contributed by atoms with Gasteiger partial charge in [0.25, 0.3) is 0 Å². The summed E-state index contributed by atoms with van der Waals surface area (Å²) >= 11 is 0. The fraction of sp³-hybridized carbons (Fsp3) is 0.933. The van der Waals surface area contributed by atoms with Gasteiger partial charge in [0, 0.05) is 18.6 Å². The van der Waals surface area contributed by atoms with Crippen molar-refractivity contribution in [3.8, 4) is 0 Å². The van der Waals surface area contributed by atoms with E-state index in [0.717, 1.165) is 25.7 Å². The Morgan fingerprint density at radius 3 is 2.42 bits per heavy atom. The van der Waals surface area contributed by atoms with E-state index in [1.165, 1.54) is 33.0 Å². The SMILES string of the molecule is COC(=O)C1CCC(N(C)C2CCCN(C)C2)CC1. The second-order valence-electron chi connectivity index (χ2n) is 6.25. The molecule has 1 saturated heterocycles. The number of piperidine rings is 1. The Hall–Kier alpha value is -0.610. The summed E-state index contributed by atoms with van der Waals surface area (Å²) < 4.78 is 4.86. The van der Waals surface area contributed by atoms with E-state index < -0.39 is 0 Å². The van der Waals surface area contributed by atoms with Gasteiger partial charge in [-0.15, -0.1) is 0 Å². The maximum Gasteiger partial charge on any atom is 0.308 e. The van der Waals surface area contributed by atoms with E-state index >= 15 is 0 Å². The van der Waals surface area contributed by atoms with Crippen molar-refractivity contribution in [3.05, 3.63) is 0 Å². The summed E-state index contributed by atoms with van der Waals surface area (Å²) in [5.41, 5.74) is 0.